The van der Waals surface area contributed by atoms with Gasteiger partial charge in [-0.25, -0.2) is 4.39 Å². The highest BCUT2D eigenvalue weighted by molar-refractivity contribution is 5.19. The van der Waals surface area contributed by atoms with Gasteiger partial charge in [0.15, 0.2) is 0 Å². The molecule has 0 aliphatic heterocycles. The molecule has 2 N–H and O–H groups in total. The predicted octanol–water partition coefficient (Wildman–Crippen LogP) is 2.91. The molecular weight excluding hydrogens is 253 g/mol. The zero-order valence-electron chi connectivity index (χ0n) is 11.6. The quantitative estimate of drug-likeness (QED) is 0.848. The van der Waals surface area contributed by atoms with Gasteiger partial charge in [-0.3, -0.25) is 0 Å². The number of nitrogens with one attached hydrogen (secondary N) is 1. The molecule has 0 saturated heterocycles. The Morgan fingerprint density at radius 2 is 1.65 bits per heavy atom. The van der Waals surface area contributed by atoms with Gasteiger partial charge in [-0.1, -0.05) is 42.5 Å². The molecule has 1 atom stereocenters. The number of rotatable bonds is 6. The Balaban J connectivity index is 1.99. The van der Waals surface area contributed by atoms with Crippen molar-refractivity contribution in [2.75, 3.05) is 6.61 Å². The van der Waals surface area contributed by atoms with Gasteiger partial charge in [0.05, 0.1) is 6.61 Å². The molecule has 0 bridgehead atoms. The number of halogens is 1. The Kier molecular flexibility index (Phi) is 4.88. The van der Waals surface area contributed by atoms with Crippen molar-refractivity contribution in [3.63, 3.8) is 0 Å². The van der Waals surface area contributed by atoms with Crippen molar-refractivity contribution in [2.24, 2.45) is 0 Å². The molecule has 1 unspecified atom stereocenters. The van der Waals surface area contributed by atoms with E-state index in [9.17, 15) is 9.50 Å². The molecule has 0 heterocycles. The molecule has 0 saturated carbocycles. The smallest absolute Gasteiger partial charge is 0.123 e. The minimum atomic E-state index is -0.423. The summed E-state index contributed by atoms with van der Waals surface area (Å²) in [6, 6.07) is 16.5. The van der Waals surface area contributed by atoms with E-state index in [1.165, 1.54) is 17.7 Å². The van der Waals surface area contributed by atoms with Gasteiger partial charge in [0, 0.05) is 12.1 Å². The molecule has 106 valence electrons. The summed E-state index contributed by atoms with van der Waals surface area (Å²) in [5.41, 5.74) is 1.75. The minimum Gasteiger partial charge on any atom is -0.394 e. The molecule has 3 heteroatoms. The number of hydrogen-bond acceptors (Lipinski definition) is 2. The molecule has 0 spiro atoms. The fraction of sp³-hybridized carbons (Fsp3) is 0.294. The van der Waals surface area contributed by atoms with E-state index in [4.69, 9.17) is 0 Å². The summed E-state index contributed by atoms with van der Waals surface area (Å²) >= 11 is 0. The van der Waals surface area contributed by atoms with Crippen molar-refractivity contribution in [3.8, 4) is 0 Å². The van der Waals surface area contributed by atoms with E-state index in [-0.39, 0.29) is 12.4 Å². The second kappa shape index (κ2) is 6.64. The van der Waals surface area contributed by atoms with Crippen molar-refractivity contribution >= 4 is 0 Å². The third-order valence-corrected chi connectivity index (χ3v) is 3.42. The largest absolute Gasteiger partial charge is 0.394 e. The van der Waals surface area contributed by atoms with Crippen LogP contribution >= 0.6 is 0 Å². The Hall–Kier alpha value is -1.71. The lowest BCUT2D eigenvalue weighted by Crippen LogP contribution is -2.47. The van der Waals surface area contributed by atoms with E-state index < -0.39 is 5.54 Å². The second-order valence-corrected chi connectivity index (χ2v) is 5.36. The van der Waals surface area contributed by atoms with Crippen molar-refractivity contribution in [1.82, 2.24) is 5.32 Å². The first kappa shape index (κ1) is 14.7. The van der Waals surface area contributed by atoms with Gasteiger partial charge in [-0.2, -0.15) is 0 Å². The van der Waals surface area contributed by atoms with Crippen LogP contribution in [0.15, 0.2) is 54.6 Å². The summed E-state index contributed by atoms with van der Waals surface area (Å²) in [5, 5.41) is 13.0. The van der Waals surface area contributed by atoms with Crippen LogP contribution in [0.3, 0.4) is 0 Å². The van der Waals surface area contributed by atoms with Crippen LogP contribution in [0, 0.1) is 5.82 Å². The summed E-state index contributed by atoms with van der Waals surface area (Å²) in [6.07, 6.45) is 0.649. The second-order valence-electron chi connectivity index (χ2n) is 5.36. The van der Waals surface area contributed by atoms with E-state index in [1.54, 1.807) is 12.1 Å². The van der Waals surface area contributed by atoms with Crippen molar-refractivity contribution in [3.05, 3.63) is 71.5 Å². The SMILES string of the molecule is CC(CO)(Cc1ccc(F)cc1)NCc1ccccc1. The fourth-order valence-electron chi connectivity index (χ4n) is 2.14. The third kappa shape index (κ3) is 4.15. The molecule has 2 aromatic carbocycles. The van der Waals surface area contributed by atoms with Crippen LogP contribution in [-0.4, -0.2) is 17.3 Å². The first-order chi connectivity index (χ1) is 9.61. The van der Waals surface area contributed by atoms with Gasteiger partial charge in [0.2, 0.25) is 0 Å². The standard InChI is InChI=1S/C17H20FNO/c1-17(13-20,11-14-7-9-16(18)10-8-14)19-12-15-5-3-2-4-6-15/h2-10,19-20H,11-13H2,1H3. The highest BCUT2D eigenvalue weighted by atomic mass is 19.1. The number of aliphatic hydroxyl groups is 1. The summed E-state index contributed by atoms with van der Waals surface area (Å²) < 4.78 is 12.9. The first-order valence-corrected chi connectivity index (χ1v) is 6.76. The first-order valence-electron chi connectivity index (χ1n) is 6.76. The van der Waals surface area contributed by atoms with Crippen LogP contribution < -0.4 is 5.32 Å². The van der Waals surface area contributed by atoms with E-state index in [0.29, 0.717) is 13.0 Å². The van der Waals surface area contributed by atoms with Crippen molar-refractivity contribution in [1.29, 1.82) is 0 Å². The van der Waals surface area contributed by atoms with Crippen LogP contribution in [0.5, 0.6) is 0 Å². The summed E-state index contributed by atoms with van der Waals surface area (Å²) in [4.78, 5) is 0. The Morgan fingerprint density at radius 3 is 2.25 bits per heavy atom. The van der Waals surface area contributed by atoms with E-state index in [2.05, 4.69) is 5.32 Å². The molecule has 2 nitrogen and oxygen atoms in total. The average Bonchev–Trinajstić information content (AvgIpc) is 2.49. The maximum Gasteiger partial charge on any atom is 0.123 e. The number of aliphatic hydroxyl groups excluding tert-OH is 1. The lowest BCUT2D eigenvalue weighted by atomic mass is 9.93. The molecule has 20 heavy (non-hydrogen) atoms. The van der Waals surface area contributed by atoms with Crippen molar-refractivity contribution in [2.45, 2.75) is 25.4 Å². The fourth-order valence-corrected chi connectivity index (χ4v) is 2.14. The number of hydrogen-bond donors (Lipinski definition) is 2. The van der Waals surface area contributed by atoms with Crippen LogP contribution in [0.25, 0.3) is 0 Å². The van der Waals surface area contributed by atoms with Crippen LogP contribution in [0.2, 0.25) is 0 Å². The highest BCUT2D eigenvalue weighted by Gasteiger charge is 2.23. The molecule has 0 radical (unpaired) electrons. The molecule has 2 rings (SSSR count). The summed E-state index contributed by atoms with van der Waals surface area (Å²) in [5.74, 6) is -0.239. The topological polar surface area (TPSA) is 32.3 Å². The Labute approximate surface area is 119 Å². The molecule has 0 fully saturated rings. The maximum absolute atomic E-state index is 12.9. The average molecular weight is 273 g/mol. The molecular formula is C17H20FNO. The van der Waals surface area contributed by atoms with Crippen molar-refractivity contribution < 1.29 is 9.50 Å². The highest BCUT2D eigenvalue weighted by Crippen LogP contribution is 2.14. The van der Waals surface area contributed by atoms with Crippen LogP contribution in [0.4, 0.5) is 4.39 Å². The minimum absolute atomic E-state index is 0.0250. The molecule has 0 aliphatic rings. The Morgan fingerprint density at radius 1 is 1.00 bits per heavy atom. The van der Waals surface area contributed by atoms with Gasteiger partial charge in [-0.05, 0) is 36.6 Å². The lowest BCUT2D eigenvalue weighted by molar-refractivity contribution is 0.172. The zero-order valence-corrected chi connectivity index (χ0v) is 11.6. The Bertz CT molecular complexity index is 526. The van der Waals surface area contributed by atoms with Crippen LogP contribution in [-0.2, 0) is 13.0 Å². The van der Waals surface area contributed by atoms with Gasteiger partial charge in [0.25, 0.3) is 0 Å². The van der Waals surface area contributed by atoms with Gasteiger partial charge in [0.1, 0.15) is 5.82 Å². The molecule has 2 aromatic rings. The predicted molar refractivity (Wildman–Crippen MR) is 78.9 cm³/mol. The van der Waals surface area contributed by atoms with E-state index >= 15 is 0 Å². The number of benzene rings is 2. The third-order valence-electron chi connectivity index (χ3n) is 3.42. The molecule has 0 amide bonds. The van der Waals surface area contributed by atoms with Gasteiger partial charge >= 0.3 is 0 Å². The summed E-state index contributed by atoms with van der Waals surface area (Å²) in [6.45, 7) is 2.69. The van der Waals surface area contributed by atoms with Gasteiger partial charge in [-0.15, -0.1) is 0 Å². The maximum atomic E-state index is 12.9. The van der Waals surface area contributed by atoms with E-state index in [0.717, 1.165) is 5.56 Å². The zero-order chi connectivity index (χ0) is 14.4. The molecule has 0 aliphatic carbocycles. The summed E-state index contributed by atoms with van der Waals surface area (Å²) in [7, 11) is 0. The van der Waals surface area contributed by atoms with Gasteiger partial charge < -0.3 is 10.4 Å². The van der Waals surface area contributed by atoms with Crippen LogP contribution in [0.1, 0.15) is 18.1 Å². The van der Waals surface area contributed by atoms with E-state index in [1.807, 2.05) is 37.3 Å². The monoisotopic (exact) mass is 273 g/mol. The molecule has 0 aromatic heterocycles. The normalized spacial score (nSPS) is 13.9. The lowest BCUT2D eigenvalue weighted by Gasteiger charge is -2.29.